The van der Waals surface area contributed by atoms with Gasteiger partial charge in [-0.15, -0.1) is 0 Å². The van der Waals surface area contributed by atoms with E-state index in [1.54, 1.807) is 0 Å². The molecule has 1 amide bonds. The first kappa shape index (κ1) is 23.0. The summed E-state index contributed by atoms with van der Waals surface area (Å²) in [5, 5.41) is 4.44. The number of carbonyl (C=O) groups excluding carboxylic acids is 1. The number of fused-ring (bicyclic) bond motifs is 2. The molecule has 1 fully saturated rings. The average Bonchev–Trinajstić information content (AvgIpc) is 3.49. The van der Waals surface area contributed by atoms with Crippen molar-refractivity contribution in [2.45, 2.75) is 52.0 Å². The van der Waals surface area contributed by atoms with Gasteiger partial charge in [0.25, 0.3) is 0 Å². The van der Waals surface area contributed by atoms with Crippen molar-refractivity contribution < 1.29 is 9.53 Å². The van der Waals surface area contributed by atoms with Gasteiger partial charge in [0.2, 0.25) is 5.91 Å². The number of amides is 1. The Labute approximate surface area is 202 Å². The molecule has 2 aliphatic rings. The lowest BCUT2D eigenvalue weighted by Crippen LogP contribution is -2.47. The van der Waals surface area contributed by atoms with Gasteiger partial charge >= 0.3 is 0 Å². The molecule has 5 rings (SSSR count). The molecular weight excluding hydrogens is 422 g/mol. The van der Waals surface area contributed by atoms with Crippen molar-refractivity contribution in [2.24, 2.45) is 11.8 Å². The van der Waals surface area contributed by atoms with E-state index in [9.17, 15) is 4.79 Å². The Kier molecular flexibility index (Phi) is 7.19. The molecule has 180 valence electrons. The van der Waals surface area contributed by atoms with Crippen LogP contribution in [0.3, 0.4) is 0 Å². The Hall–Kier alpha value is -2.79. The number of para-hydroxylation sites is 1. The van der Waals surface area contributed by atoms with Crippen LogP contribution in [0.25, 0.3) is 10.9 Å². The van der Waals surface area contributed by atoms with Gasteiger partial charge in [-0.25, -0.2) is 0 Å². The Morgan fingerprint density at radius 2 is 2.03 bits per heavy atom. The van der Waals surface area contributed by atoms with E-state index >= 15 is 0 Å². The minimum atomic E-state index is 0.00410. The van der Waals surface area contributed by atoms with Gasteiger partial charge in [-0.2, -0.15) is 0 Å². The lowest BCUT2D eigenvalue weighted by Gasteiger charge is -2.37. The minimum absolute atomic E-state index is 0.00410. The number of piperidine rings is 1. The first-order valence-corrected chi connectivity index (χ1v) is 13.0. The number of benzene rings is 2. The van der Waals surface area contributed by atoms with Crippen LogP contribution in [0.15, 0.2) is 48.7 Å². The minimum Gasteiger partial charge on any atom is -0.493 e. The van der Waals surface area contributed by atoms with Crippen molar-refractivity contribution in [1.29, 1.82) is 0 Å². The highest BCUT2D eigenvalue weighted by atomic mass is 16.5. The molecule has 2 atom stereocenters. The van der Waals surface area contributed by atoms with E-state index < -0.39 is 0 Å². The summed E-state index contributed by atoms with van der Waals surface area (Å²) in [5.74, 6) is 1.50. The third-order valence-electron chi connectivity index (χ3n) is 7.44. The molecule has 5 heteroatoms. The molecule has 0 bridgehead atoms. The smallest absolute Gasteiger partial charge is 0.224 e. The number of aryl methyl sites for hydroxylation is 2. The van der Waals surface area contributed by atoms with Crippen molar-refractivity contribution in [3.05, 3.63) is 65.4 Å². The van der Waals surface area contributed by atoms with Gasteiger partial charge in [0.15, 0.2) is 0 Å². The summed E-state index contributed by atoms with van der Waals surface area (Å²) in [6.45, 7) is 6.17. The van der Waals surface area contributed by atoms with Gasteiger partial charge in [0.05, 0.1) is 12.5 Å². The molecule has 2 aromatic carbocycles. The van der Waals surface area contributed by atoms with E-state index in [2.05, 4.69) is 70.8 Å². The number of hydrogen-bond acceptors (Lipinski definition) is 3. The van der Waals surface area contributed by atoms with Crippen LogP contribution in [0.2, 0.25) is 0 Å². The SMILES string of the molecule is CCCCNC(=O)[C@@H]1C[C@H](COc2ccc3c(c2)CCC3)CN(Cc2c[nH]c3ccccc23)C1. The predicted octanol–water partition coefficient (Wildman–Crippen LogP) is 5.09. The molecule has 1 aromatic heterocycles. The van der Waals surface area contributed by atoms with Crippen LogP contribution in [-0.2, 0) is 24.2 Å². The highest BCUT2D eigenvalue weighted by molar-refractivity contribution is 5.83. The second-order valence-corrected chi connectivity index (χ2v) is 10.1. The van der Waals surface area contributed by atoms with Crippen molar-refractivity contribution in [2.75, 3.05) is 26.2 Å². The Morgan fingerprint density at radius 3 is 2.94 bits per heavy atom. The standard InChI is InChI=1S/C29H37N3O2/c1-2-3-13-30-29(33)24-14-21(20-34-26-12-11-22-7-6-8-23(22)15-26)17-32(18-24)19-25-16-31-28-10-5-4-9-27(25)28/h4-5,9-12,15-16,21,24,31H,2-3,6-8,13-14,17-20H2,1H3,(H,30,33)/t21-,24+/m0/s1. The molecule has 0 radical (unpaired) electrons. The normalized spacial score (nSPS) is 20.4. The third-order valence-corrected chi connectivity index (χ3v) is 7.44. The van der Waals surface area contributed by atoms with E-state index in [-0.39, 0.29) is 11.8 Å². The van der Waals surface area contributed by atoms with Crippen LogP contribution in [-0.4, -0.2) is 42.0 Å². The number of rotatable bonds is 9. The molecule has 0 unspecified atom stereocenters. The summed E-state index contributed by atoms with van der Waals surface area (Å²) in [6, 6.07) is 15.0. The first-order valence-electron chi connectivity index (χ1n) is 13.0. The summed E-state index contributed by atoms with van der Waals surface area (Å²) in [4.78, 5) is 18.8. The van der Waals surface area contributed by atoms with Gasteiger partial charge in [-0.3, -0.25) is 9.69 Å². The fourth-order valence-electron chi connectivity index (χ4n) is 5.63. The molecule has 0 saturated carbocycles. The summed E-state index contributed by atoms with van der Waals surface area (Å²) in [5.41, 5.74) is 5.37. The molecule has 3 aromatic rings. The number of nitrogens with zero attached hydrogens (tertiary/aromatic N) is 1. The zero-order valence-corrected chi connectivity index (χ0v) is 20.3. The molecule has 34 heavy (non-hydrogen) atoms. The van der Waals surface area contributed by atoms with Crippen LogP contribution in [0, 0.1) is 11.8 Å². The maximum absolute atomic E-state index is 13.0. The molecule has 1 aliphatic heterocycles. The summed E-state index contributed by atoms with van der Waals surface area (Å²) < 4.78 is 6.29. The van der Waals surface area contributed by atoms with Crippen LogP contribution in [0.4, 0.5) is 0 Å². The molecule has 5 nitrogen and oxygen atoms in total. The van der Waals surface area contributed by atoms with E-state index in [0.29, 0.717) is 12.5 Å². The number of likely N-dealkylation sites (tertiary alicyclic amines) is 1. The van der Waals surface area contributed by atoms with Gasteiger partial charge < -0.3 is 15.0 Å². The van der Waals surface area contributed by atoms with Crippen molar-refractivity contribution >= 4 is 16.8 Å². The van der Waals surface area contributed by atoms with Crippen molar-refractivity contribution in [1.82, 2.24) is 15.2 Å². The van der Waals surface area contributed by atoms with Gasteiger partial charge in [-0.05, 0) is 67.0 Å². The van der Waals surface area contributed by atoms with E-state index in [0.717, 1.165) is 57.6 Å². The average molecular weight is 460 g/mol. The zero-order chi connectivity index (χ0) is 23.3. The largest absolute Gasteiger partial charge is 0.493 e. The summed E-state index contributed by atoms with van der Waals surface area (Å²) in [7, 11) is 0. The van der Waals surface area contributed by atoms with Gasteiger partial charge in [0.1, 0.15) is 5.75 Å². The van der Waals surface area contributed by atoms with Gasteiger partial charge in [0, 0.05) is 49.2 Å². The monoisotopic (exact) mass is 459 g/mol. The number of hydrogen-bond donors (Lipinski definition) is 2. The van der Waals surface area contributed by atoms with Crippen LogP contribution >= 0.6 is 0 Å². The number of carbonyl (C=O) groups is 1. The van der Waals surface area contributed by atoms with Gasteiger partial charge in [-0.1, -0.05) is 37.6 Å². The fraction of sp³-hybridized carbons (Fsp3) is 0.483. The molecule has 0 spiro atoms. The maximum atomic E-state index is 13.0. The number of nitrogens with one attached hydrogen (secondary N) is 2. The van der Waals surface area contributed by atoms with E-state index in [1.807, 2.05) is 0 Å². The molecule has 2 N–H and O–H groups in total. The van der Waals surface area contributed by atoms with Crippen molar-refractivity contribution in [3.63, 3.8) is 0 Å². The number of H-pyrrole nitrogens is 1. The second kappa shape index (κ2) is 10.6. The zero-order valence-electron chi connectivity index (χ0n) is 20.3. The maximum Gasteiger partial charge on any atom is 0.224 e. The predicted molar refractivity (Wildman–Crippen MR) is 137 cm³/mol. The van der Waals surface area contributed by atoms with Crippen molar-refractivity contribution in [3.8, 4) is 5.75 Å². The van der Waals surface area contributed by atoms with E-state index in [1.165, 1.54) is 40.4 Å². The van der Waals surface area contributed by atoms with Crippen LogP contribution < -0.4 is 10.1 Å². The summed E-state index contributed by atoms with van der Waals surface area (Å²) >= 11 is 0. The Morgan fingerprint density at radius 1 is 1.15 bits per heavy atom. The lowest BCUT2D eigenvalue weighted by molar-refractivity contribution is -0.127. The molecule has 1 aliphatic carbocycles. The fourth-order valence-corrected chi connectivity index (χ4v) is 5.63. The molecule has 1 saturated heterocycles. The van der Waals surface area contributed by atoms with Crippen LogP contribution in [0.5, 0.6) is 5.75 Å². The number of ether oxygens (including phenoxy) is 1. The Balaban J connectivity index is 1.27. The highest BCUT2D eigenvalue weighted by Crippen LogP contribution is 2.29. The summed E-state index contributed by atoms with van der Waals surface area (Å²) in [6.07, 6.45) is 8.72. The topological polar surface area (TPSA) is 57.4 Å². The first-order chi connectivity index (χ1) is 16.7. The number of unbranched alkanes of at least 4 members (excludes halogenated alkanes) is 1. The highest BCUT2D eigenvalue weighted by Gasteiger charge is 2.32. The number of aromatic amines is 1. The quantitative estimate of drug-likeness (QED) is 0.438. The van der Waals surface area contributed by atoms with Crippen LogP contribution in [0.1, 0.15) is 49.3 Å². The second-order valence-electron chi connectivity index (χ2n) is 10.1. The molecular formula is C29H37N3O2. The Bertz CT molecular complexity index is 1120. The molecule has 2 heterocycles. The third kappa shape index (κ3) is 5.30. The van der Waals surface area contributed by atoms with E-state index in [4.69, 9.17) is 4.74 Å². The lowest BCUT2D eigenvalue weighted by atomic mass is 9.88. The number of aromatic nitrogens is 1.